The van der Waals surface area contributed by atoms with Crippen LogP contribution in [0.1, 0.15) is 12.5 Å². The summed E-state index contributed by atoms with van der Waals surface area (Å²) in [6, 6.07) is 6.26. The van der Waals surface area contributed by atoms with Crippen molar-refractivity contribution in [2.45, 2.75) is 18.7 Å². The minimum atomic E-state index is -4.13. The van der Waals surface area contributed by atoms with Gasteiger partial charge in [-0.25, -0.2) is 0 Å². The molecule has 0 aliphatic carbocycles. The van der Waals surface area contributed by atoms with Gasteiger partial charge in [0.2, 0.25) is 5.39 Å². The molecule has 7 heteroatoms. The molecule has 0 amide bonds. The molecule has 6 nitrogen and oxygen atoms in total. The van der Waals surface area contributed by atoms with Crippen LogP contribution in [0.4, 0.5) is 5.69 Å². The standard InChI is InChI=1S/C13H12N2O4S/c1-3-19-20(17,18)11-7-9-6-8(2)4-5-10(9)13(16)12(11)15-14/h4-7H,3H2,1-2H3. The first-order valence-electron chi connectivity index (χ1n) is 5.89. The molecule has 0 bridgehead atoms. The Labute approximate surface area is 116 Å². The molecule has 0 aromatic heterocycles. The van der Waals surface area contributed by atoms with Crippen molar-refractivity contribution >= 4 is 26.6 Å². The van der Waals surface area contributed by atoms with E-state index in [1.807, 2.05) is 6.92 Å². The van der Waals surface area contributed by atoms with Gasteiger partial charge in [-0.05, 0) is 36.4 Å². The number of aryl methyl sites for hydroxylation is 1. The van der Waals surface area contributed by atoms with Gasteiger partial charge in [0.15, 0.2) is 9.87 Å². The second-order valence-electron chi connectivity index (χ2n) is 4.24. The third-order valence-corrected chi connectivity index (χ3v) is 4.22. The molecule has 0 radical (unpaired) electrons. The van der Waals surface area contributed by atoms with Crippen LogP contribution in [-0.4, -0.2) is 15.0 Å². The van der Waals surface area contributed by atoms with Crippen molar-refractivity contribution in [2.24, 2.45) is 0 Å². The Morgan fingerprint density at radius 1 is 1.35 bits per heavy atom. The fraction of sp³-hybridized carbons (Fsp3) is 0.231. The van der Waals surface area contributed by atoms with Gasteiger partial charge in [-0.15, -0.1) is 0 Å². The maximum Gasteiger partial charge on any atom is 0.398 e. The zero-order chi connectivity index (χ0) is 14.9. The maximum atomic E-state index is 12.2. The predicted octanol–water partition coefficient (Wildman–Crippen LogP) is 2.43. The molecule has 0 fully saturated rings. The van der Waals surface area contributed by atoms with E-state index >= 15 is 0 Å². The first-order chi connectivity index (χ1) is 9.40. The normalized spacial score (nSPS) is 11.4. The van der Waals surface area contributed by atoms with E-state index in [1.165, 1.54) is 13.0 Å². The van der Waals surface area contributed by atoms with Crippen molar-refractivity contribution in [1.82, 2.24) is 0 Å². The Hall–Kier alpha value is -2.17. The average molecular weight is 292 g/mol. The molecule has 2 aromatic rings. The highest BCUT2D eigenvalue weighted by Gasteiger charge is 2.29. The Balaban J connectivity index is 2.88. The molecular formula is C13H12N2O4S. The zero-order valence-corrected chi connectivity index (χ0v) is 11.8. The van der Waals surface area contributed by atoms with Crippen LogP contribution in [0.25, 0.3) is 15.7 Å². The Morgan fingerprint density at radius 3 is 2.65 bits per heavy atom. The van der Waals surface area contributed by atoms with Gasteiger partial charge >= 0.3 is 15.8 Å². The fourth-order valence-corrected chi connectivity index (χ4v) is 3.04. The van der Waals surface area contributed by atoms with Gasteiger partial charge < -0.3 is 5.11 Å². The second kappa shape index (κ2) is 5.07. The number of hydrogen-bond acceptors (Lipinski definition) is 5. The average Bonchev–Trinajstić information content (AvgIpc) is 2.38. The number of benzene rings is 2. The second-order valence-corrected chi connectivity index (χ2v) is 5.82. The highest BCUT2D eigenvalue weighted by Crippen LogP contribution is 2.39. The van der Waals surface area contributed by atoms with Crippen LogP contribution >= 0.6 is 0 Å². The summed E-state index contributed by atoms with van der Waals surface area (Å²) in [5.74, 6) is -0.650. The number of fused-ring (bicyclic) bond motifs is 1. The monoisotopic (exact) mass is 292 g/mol. The number of diazo groups is 1. The molecule has 0 saturated heterocycles. The number of rotatable bonds is 3. The minimum Gasteiger partial charge on any atom is -0.867 e. The van der Waals surface area contributed by atoms with E-state index in [0.717, 1.165) is 5.56 Å². The lowest BCUT2D eigenvalue weighted by molar-refractivity contribution is -0.264. The molecule has 0 aliphatic heterocycles. The summed E-state index contributed by atoms with van der Waals surface area (Å²) in [6.45, 7) is 3.26. The quantitative estimate of drug-likeness (QED) is 0.639. The third-order valence-electron chi connectivity index (χ3n) is 2.83. The third kappa shape index (κ3) is 2.31. The maximum absolute atomic E-state index is 12.2. The van der Waals surface area contributed by atoms with Crippen molar-refractivity contribution in [2.75, 3.05) is 6.61 Å². The minimum absolute atomic E-state index is 0.0761. The van der Waals surface area contributed by atoms with E-state index in [9.17, 15) is 13.5 Å². The van der Waals surface area contributed by atoms with E-state index < -0.39 is 26.5 Å². The van der Waals surface area contributed by atoms with E-state index in [0.29, 0.717) is 10.8 Å². The van der Waals surface area contributed by atoms with Crippen LogP contribution in [0.5, 0.6) is 5.75 Å². The molecule has 0 heterocycles. The van der Waals surface area contributed by atoms with Crippen LogP contribution in [0, 0.1) is 12.3 Å². The molecule has 0 saturated carbocycles. The summed E-state index contributed by atoms with van der Waals surface area (Å²) in [5, 5.41) is 21.9. The molecule has 0 atom stereocenters. The van der Waals surface area contributed by atoms with Gasteiger partial charge in [0.1, 0.15) is 0 Å². The van der Waals surface area contributed by atoms with Gasteiger partial charge in [-0.3, -0.25) is 4.18 Å². The van der Waals surface area contributed by atoms with Crippen LogP contribution < -0.4 is 5.11 Å². The molecule has 2 aromatic carbocycles. The van der Waals surface area contributed by atoms with Crippen LogP contribution in [-0.2, 0) is 14.3 Å². The van der Waals surface area contributed by atoms with Crippen molar-refractivity contribution in [3.8, 4) is 5.75 Å². The van der Waals surface area contributed by atoms with E-state index in [-0.39, 0.29) is 6.61 Å². The topological polar surface area (TPSA) is 94.6 Å². The lowest BCUT2D eigenvalue weighted by Gasteiger charge is -2.11. The van der Waals surface area contributed by atoms with Crippen molar-refractivity contribution in [1.29, 1.82) is 5.39 Å². The number of nitrogens with zero attached hydrogens (tertiary/aromatic N) is 2. The van der Waals surface area contributed by atoms with E-state index in [4.69, 9.17) is 5.39 Å². The molecule has 20 heavy (non-hydrogen) atoms. The highest BCUT2D eigenvalue weighted by molar-refractivity contribution is 7.87. The Bertz CT molecular complexity index is 822. The fourth-order valence-electron chi connectivity index (χ4n) is 1.96. The predicted molar refractivity (Wildman–Crippen MR) is 71.7 cm³/mol. The summed E-state index contributed by atoms with van der Waals surface area (Å²) >= 11 is 0. The zero-order valence-electron chi connectivity index (χ0n) is 11.0. The van der Waals surface area contributed by atoms with Gasteiger partial charge in [0, 0.05) is 0 Å². The van der Waals surface area contributed by atoms with Crippen LogP contribution in [0.2, 0.25) is 0 Å². The summed E-state index contributed by atoms with van der Waals surface area (Å²) in [4.78, 5) is 2.39. The molecule has 0 N–H and O–H groups in total. The molecular weight excluding hydrogens is 280 g/mol. The van der Waals surface area contributed by atoms with E-state index in [2.05, 4.69) is 9.16 Å². The van der Waals surface area contributed by atoms with Gasteiger partial charge in [0.05, 0.1) is 6.61 Å². The van der Waals surface area contributed by atoms with Crippen molar-refractivity contribution in [3.63, 3.8) is 0 Å². The SMILES string of the molecule is CCOS(=O)(=O)c1cc2cc(C)ccc2c([O-])c1[N+]#N. The van der Waals surface area contributed by atoms with E-state index in [1.54, 1.807) is 18.2 Å². The highest BCUT2D eigenvalue weighted by atomic mass is 32.2. The van der Waals surface area contributed by atoms with Gasteiger partial charge in [0.25, 0.3) is 0 Å². The molecule has 104 valence electrons. The molecule has 0 aliphatic rings. The lowest BCUT2D eigenvalue weighted by Crippen LogP contribution is -2.07. The number of hydrogen-bond donors (Lipinski definition) is 0. The Morgan fingerprint density at radius 2 is 2.05 bits per heavy atom. The summed E-state index contributed by atoms with van der Waals surface area (Å²) in [7, 11) is -4.13. The lowest BCUT2D eigenvalue weighted by atomic mass is 10.1. The first kappa shape index (κ1) is 14.2. The smallest absolute Gasteiger partial charge is 0.398 e. The van der Waals surface area contributed by atoms with Gasteiger partial charge in [-0.2, -0.15) is 8.42 Å². The largest absolute Gasteiger partial charge is 0.867 e. The molecule has 2 rings (SSSR count). The molecule has 0 unspecified atom stereocenters. The molecule has 0 spiro atoms. The van der Waals surface area contributed by atoms with Crippen LogP contribution in [0.3, 0.4) is 0 Å². The summed E-state index contributed by atoms with van der Waals surface area (Å²) in [6.07, 6.45) is 0. The summed E-state index contributed by atoms with van der Waals surface area (Å²) in [5.41, 5.74) is 0.347. The Kier molecular flexibility index (Phi) is 3.61. The van der Waals surface area contributed by atoms with Crippen molar-refractivity contribution < 1.29 is 17.7 Å². The van der Waals surface area contributed by atoms with Crippen molar-refractivity contribution in [3.05, 3.63) is 34.8 Å². The summed E-state index contributed by atoms with van der Waals surface area (Å²) < 4.78 is 28.6. The first-order valence-corrected chi connectivity index (χ1v) is 7.30. The van der Waals surface area contributed by atoms with Crippen LogP contribution in [0.15, 0.2) is 29.2 Å². The van der Waals surface area contributed by atoms with Gasteiger partial charge in [-0.1, -0.05) is 23.8 Å².